The van der Waals surface area contributed by atoms with Gasteiger partial charge >= 0.3 is 0 Å². The van der Waals surface area contributed by atoms with Crippen molar-refractivity contribution in [1.82, 2.24) is 5.32 Å². The van der Waals surface area contributed by atoms with Gasteiger partial charge in [-0.25, -0.2) is 0 Å². The monoisotopic (exact) mass is 193 g/mol. The average Bonchev–Trinajstić information content (AvgIpc) is 2.24. The van der Waals surface area contributed by atoms with E-state index in [0.29, 0.717) is 10.8 Å². The molecule has 4 rings (SSSR count). The first-order valence-electron chi connectivity index (χ1n) is 6.01. The summed E-state index contributed by atoms with van der Waals surface area (Å²) in [6.45, 7) is 3.46. The first-order chi connectivity index (χ1) is 6.54. The number of piperidine rings is 1. The molecule has 78 valence electrons. The lowest BCUT2D eigenvalue weighted by Gasteiger charge is -2.62. The fraction of sp³-hybridized carbons (Fsp3) is 1.00. The van der Waals surface area contributed by atoms with Crippen molar-refractivity contribution in [2.24, 2.45) is 22.7 Å². The van der Waals surface area contributed by atoms with Crippen molar-refractivity contribution in [3.05, 3.63) is 0 Å². The molecule has 5 unspecified atom stereocenters. The Hall–Kier alpha value is -0.0800. The third-order valence-corrected chi connectivity index (χ3v) is 5.71. The zero-order valence-electron chi connectivity index (χ0n) is 8.84. The van der Waals surface area contributed by atoms with Crippen LogP contribution in [-0.4, -0.2) is 17.4 Å². The summed E-state index contributed by atoms with van der Waals surface area (Å²) in [5, 5.41) is 13.9. The number of nitrogens with one attached hydrogen (secondary N) is 1. The smallest absolute Gasteiger partial charge is 0.117 e. The van der Waals surface area contributed by atoms with Crippen LogP contribution in [0.2, 0.25) is 0 Å². The lowest BCUT2D eigenvalue weighted by atomic mass is 9.48. The number of hydrogen-bond acceptors (Lipinski definition) is 2. The average molecular weight is 193 g/mol. The predicted molar refractivity (Wildman–Crippen MR) is 53.6 cm³/mol. The molecule has 0 aromatic carbocycles. The Kier molecular flexibility index (Phi) is 1.11. The highest BCUT2D eigenvalue weighted by molar-refractivity contribution is 5.20. The molecule has 4 fully saturated rings. The van der Waals surface area contributed by atoms with E-state index in [-0.39, 0.29) is 0 Å². The van der Waals surface area contributed by atoms with Crippen LogP contribution < -0.4 is 5.32 Å². The van der Waals surface area contributed by atoms with Crippen LogP contribution >= 0.6 is 0 Å². The molecule has 0 amide bonds. The molecule has 2 N–H and O–H groups in total. The Bertz CT molecular complexity index is 311. The Labute approximate surface area is 85.1 Å². The van der Waals surface area contributed by atoms with E-state index in [1.54, 1.807) is 0 Å². The van der Waals surface area contributed by atoms with Crippen molar-refractivity contribution in [1.29, 1.82) is 0 Å². The van der Waals surface area contributed by atoms with Gasteiger partial charge in [0.15, 0.2) is 0 Å². The van der Waals surface area contributed by atoms with Gasteiger partial charge in [0.1, 0.15) is 5.72 Å². The van der Waals surface area contributed by atoms with E-state index < -0.39 is 5.72 Å². The zero-order chi connectivity index (χ0) is 9.60. The molecule has 3 aliphatic carbocycles. The van der Waals surface area contributed by atoms with Crippen LogP contribution in [0.15, 0.2) is 0 Å². The highest BCUT2D eigenvalue weighted by Crippen LogP contribution is 2.74. The van der Waals surface area contributed by atoms with Crippen LogP contribution in [0.4, 0.5) is 0 Å². The summed E-state index contributed by atoms with van der Waals surface area (Å²) >= 11 is 0. The summed E-state index contributed by atoms with van der Waals surface area (Å²) in [4.78, 5) is 0. The molecule has 4 aliphatic rings. The summed E-state index contributed by atoms with van der Waals surface area (Å²) in [5.74, 6) is 1.84. The normalized spacial score (nSPS) is 69.0. The molecule has 0 aromatic heterocycles. The van der Waals surface area contributed by atoms with E-state index in [0.717, 1.165) is 31.2 Å². The minimum Gasteiger partial charge on any atom is -0.376 e. The number of hydrogen-bond donors (Lipinski definition) is 2. The van der Waals surface area contributed by atoms with Crippen molar-refractivity contribution >= 4 is 0 Å². The molecule has 2 nitrogen and oxygen atoms in total. The van der Waals surface area contributed by atoms with E-state index in [4.69, 9.17) is 0 Å². The standard InChI is InChI=1S/C12H19NO/c1-10-3-8-2-9-4-13-12(14,6-10)7-11(8,9)5-10/h8-9,13-14H,2-7H2,1H3. The van der Waals surface area contributed by atoms with Gasteiger partial charge in [-0.3, -0.25) is 5.32 Å². The molecule has 1 saturated heterocycles. The van der Waals surface area contributed by atoms with Gasteiger partial charge in [0.25, 0.3) is 0 Å². The molecule has 1 heterocycles. The largest absolute Gasteiger partial charge is 0.376 e. The van der Waals surface area contributed by atoms with Crippen LogP contribution in [0.1, 0.15) is 39.0 Å². The summed E-state index contributed by atoms with van der Waals surface area (Å²) in [6, 6.07) is 0. The van der Waals surface area contributed by atoms with Gasteiger partial charge in [0.2, 0.25) is 0 Å². The molecule has 0 aromatic rings. The van der Waals surface area contributed by atoms with E-state index in [1.165, 1.54) is 19.3 Å². The van der Waals surface area contributed by atoms with Gasteiger partial charge < -0.3 is 5.11 Å². The fourth-order valence-electron chi connectivity index (χ4n) is 5.55. The topological polar surface area (TPSA) is 32.3 Å². The first kappa shape index (κ1) is 8.12. The maximum atomic E-state index is 10.5. The second kappa shape index (κ2) is 1.92. The first-order valence-corrected chi connectivity index (χ1v) is 6.01. The maximum absolute atomic E-state index is 10.5. The fourth-order valence-corrected chi connectivity index (χ4v) is 5.55. The minimum atomic E-state index is -0.501. The molecule has 5 atom stereocenters. The Morgan fingerprint density at radius 3 is 2.93 bits per heavy atom. The molecule has 0 radical (unpaired) electrons. The summed E-state index contributed by atoms with van der Waals surface area (Å²) < 4.78 is 0. The Balaban J connectivity index is 1.85. The van der Waals surface area contributed by atoms with Crippen molar-refractivity contribution < 1.29 is 5.11 Å². The maximum Gasteiger partial charge on any atom is 0.117 e. The molecule has 2 heteroatoms. The van der Waals surface area contributed by atoms with Gasteiger partial charge in [-0.2, -0.15) is 0 Å². The van der Waals surface area contributed by atoms with Crippen LogP contribution in [-0.2, 0) is 0 Å². The minimum absolute atomic E-state index is 0.444. The van der Waals surface area contributed by atoms with Crippen LogP contribution in [0, 0.1) is 22.7 Å². The zero-order valence-corrected chi connectivity index (χ0v) is 8.84. The molecular weight excluding hydrogens is 174 g/mol. The van der Waals surface area contributed by atoms with Gasteiger partial charge in [-0.15, -0.1) is 0 Å². The predicted octanol–water partition coefficient (Wildman–Crippen LogP) is 1.49. The molecular formula is C12H19NO. The Morgan fingerprint density at radius 2 is 2.07 bits per heavy atom. The Morgan fingerprint density at radius 1 is 1.21 bits per heavy atom. The van der Waals surface area contributed by atoms with E-state index in [9.17, 15) is 5.11 Å². The van der Waals surface area contributed by atoms with Gasteiger partial charge in [-0.1, -0.05) is 6.92 Å². The third-order valence-electron chi connectivity index (χ3n) is 5.71. The third kappa shape index (κ3) is 0.704. The van der Waals surface area contributed by atoms with Gasteiger partial charge in [0.05, 0.1) is 0 Å². The van der Waals surface area contributed by atoms with Crippen molar-refractivity contribution in [3.8, 4) is 0 Å². The van der Waals surface area contributed by atoms with Crippen LogP contribution in [0.25, 0.3) is 0 Å². The number of fused-ring (bicyclic) bond motifs is 2. The van der Waals surface area contributed by atoms with Gasteiger partial charge in [-0.05, 0) is 54.8 Å². The van der Waals surface area contributed by atoms with Crippen molar-refractivity contribution in [3.63, 3.8) is 0 Å². The van der Waals surface area contributed by atoms with E-state index in [2.05, 4.69) is 12.2 Å². The van der Waals surface area contributed by atoms with E-state index >= 15 is 0 Å². The van der Waals surface area contributed by atoms with E-state index in [1.807, 2.05) is 0 Å². The lowest BCUT2D eigenvalue weighted by molar-refractivity contribution is -0.183. The van der Waals surface area contributed by atoms with Crippen LogP contribution in [0.3, 0.4) is 0 Å². The SMILES string of the molecule is CC12CC3CC4CNC(O)(C1)CC43C2. The second-order valence-electron chi connectivity index (χ2n) is 6.82. The highest BCUT2D eigenvalue weighted by atomic mass is 16.3. The van der Waals surface area contributed by atoms with Crippen LogP contribution in [0.5, 0.6) is 0 Å². The van der Waals surface area contributed by atoms with Crippen molar-refractivity contribution in [2.45, 2.75) is 44.8 Å². The molecule has 3 bridgehead atoms. The second-order valence-corrected chi connectivity index (χ2v) is 6.82. The summed E-state index contributed by atoms with van der Waals surface area (Å²) in [6.07, 6.45) is 6.25. The summed E-state index contributed by atoms with van der Waals surface area (Å²) in [5.41, 5.74) is 0.505. The quantitative estimate of drug-likeness (QED) is 0.611. The number of aliphatic hydroxyl groups is 1. The highest BCUT2D eigenvalue weighted by Gasteiger charge is 2.70. The number of rotatable bonds is 0. The van der Waals surface area contributed by atoms with Crippen molar-refractivity contribution in [2.75, 3.05) is 6.54 Å². The molecule has 1 aliphatic heterocycles. The van der Waals surface area contributed by atoms with Gasteiger partial charge in [0, 0.05) is 6.54 Å². The summed E-state index contributed by atoms with van der Waals surface area (Å²) in [7, 11) is 0. The molecule has 3 saturated carbocycles. The molecule has 1 spiro atoms. The lowest BCUT2D eigenvalue weighted by Crippen LogP contribution is -2.66. The molecule has 14 heavy (non-hydrogen) atoms.